The lowest BCUT2D eigenvalue weighted by molar-refractivity contribution is 0.0939. The maximum atomic E-state index is 12.9. The first-order valence-corrected chi connectivity index (χ1v) is 11.9. The summed E-state index contributed by atoms with van der Waals surface area (Å²) in [6.07, 6.45) is 0. The largest absolute Gasteiger partial charge is 0.345 e. The first kappa shape index (κ1) is 22.5. The van der Waals surface area contributed by atoms with Gasteiger partial charge in [0.1, 0.15) is 0 Å². The standard InChI is InChI=1S/C23H25BrN2O3S/c1-15(17-10-9-16-7-5-6-8-18(16)13-17)25-22(27)20-14-19(11-12-21(20)24)30(28,29)26-23(2,3)4/h5-15,26H,1-4H3,(H,25,27). The van der Waals surface area contributed by atoms with Crippen LogP contribution in [0.2, 0.25) is 0 Å². The van der Waals surface area contributed by atoms with E-state index >= 15 is 0 Å². The van der Waals surface area contributed by atoms with Gasteiger partial charge >= 0.3 is 0 Å². The number of carbonyl (C=O) groups excluding carboxylic acids is 1. The van der Waals surface area contributed by atoms with Crippen molar-refractivity contribution in [2.75, 3.05) is 0 Å². The average molecular weight is 489 g/mol. The van der Waals surface area contributed by atoms with E-state index < -0.39 is 15.6 Å². The van der Waals surface area contributed by atoms with Crippen LogP contribution in [0, 0.1) is 0 Å². The SMILES string of the molecule is CC(NC(=O)c1cc(S(=O)(=O)NC(C)(C)C)ccc1Br)c1ccc2ccccc2c1. The summed E-state index contributed by atoms with van der Waals surface area (Å²) >= 11 is 3.36. The summed E-state index contributed by atoms with van der Waals surface area (Å²) in [6, 6.07) is 18.3. The van der Waals surface area contributed by atoms with E-state index in [0.717, 1.165) is 16.3 Å². The van der Waals surface area contributed by atoms with E-state index in [0.29, 0.717) is 4.47 Å². The molecule has 0 saturated heterocycles. The first-order chi connectivity index (χ1) is 14.0. The lowest BCUT2D eigenvalue weighted by Gasteiger charge is -2.21. The fourth-order valence-electron chi connectivity index (χ4n) is 3.14. The molecule has 30 heavy (non-hydrogen) atoms. The van der Waals surface area contributed by atoms with Crippen molar-refractivity contribution >= 4 is 42.6 Å². The summed E-state index contributed by atoms with van der Waals surface area (Å²) in [6.45, 7) is 7.20. The van der Waals surface area contributed by atoms with Gasteiger partial charge in [-0.2, -0.15) is 0 Å². The van der Waals surface area contributed by atoms with E-state index in [2.05, 4.69) is 26.0 Å². The number of rotatable bonds is 5. The summed E-state index contributed by atoms with van der Waals surface area (Å²) in [5.41, 5.74) is 0.606. The minimum absolute atomic E-state index is 0.0455. The zero-order chi connectivity index (χ0) is 22.1. The molecular weight excluding hydrogens is 464 g/mol. The highest BCUT2D eigenvalue weighted by Gasteiger charge is 2.24. The van der Waals surface area contributed by atoms with E-state index in [9.17, 15) is 13.2 Å². The van der Waals surface area contributed by atoms with Crippen LogP contribution in [0.3, 0.4) is 0 Å². The van der Waals surface area contributed by atoms with Gasteiger partial charge in [-0.05, 0) is 84.2 Å². The first-order valence-electron chi connectivity index (χ1n) is 9.59. The molecule has 5 nitrogen and oxygen atoms in total. The van der Waals surface area contributed by atoms with E-state index in [1.807, 2.05) is 49.4 Å². The Labute approximate surface area is 186 Å². The summed E-state index contributed by atoms with van der Waals surface area (Å²) in [5, 5.41) is 5.19. The number of hydrogen-bond acceptors (Lipinski definition) is 3. The monoisotopic (exact) mass is 488 g/mol. The molecule has 0 radical (unpaired) electrons. The third-order valence-corrected chi connectivity index (χ3v) is 7.00. The zero-order valence-electron chi connectivity index (χ0n) is 17.4. The van der Waals surface area contributed by atoms with Gasteiger partial charge in [-0.15, -0.1) is 0 Å². The molecule has 3 aromatic rings. The van der Waals surface area contributed by atoms with Crippen molar-refractivity contribution in [1.82, 2.24) is 10.0 Å². The highest BCUT2D eigenvalue weighted by molar-refractivity contribution is 9.10. The van der Waals surface area contributed by atoms with E-state index in [1.54, 1.807) is 26.8 Å². The fourth-order valence-corrected chi connectivity index (χ4v) is 5.01. The van der Waals surface area contributed by atoms with Crippen LogP contribution in [0.25, 0.3) is 10.8 Å². The molecule has 158 valence electrons. The van der Waals surface area contributed by atoms with E-state index in [1.165, 1.54) is 12.1 Å². The molecule has 3 aromatic carbocycles. The van der Waals surface area contributed by atoms with Gasteiger partial charge in [0.2, 0.25) is 10.0 Å². The van der Waals surface area contributed by atoms with Crippen molar-refractivity contribution in [3.8, 4) is 0 Å². The molecule has 1 unspecified atom stereocenters. The molecule has 0 heterocycles. The Morgan fingerprint density at radius 2 is 1.63 bits per heavy atom. The molecule has 2 N–H and O–H groups in total. The van der Waals surface area contributed by atoms with Crippen molar-refractivity contribution in [2.45, 2.75) is 44.2 Å². The average Bonchev–Trinajstić information content (AvgIpc) is 2.65. The van der Waals surface area contributed by atoms with Crippen LogP contribution in [0.1, 0.15) is 49.7 Å². The van der Waals surface area contributed by atoms with Gasteiger partial charge in [0, 0.05) is 10.0 Å². The number of benzene rings is 3. The van der Waals surface area contributed by atoms with Gasteiger partial charge in [0.05, 0.1) is 16.5 Å². The molecule has 0 aliphatic heterocycles. The molecule has 3 rings (SSSR count). The molecule has 1 atom stereocenters. The Bertz CT molecular complexity index is 1200. The van der Waals surface area contributed by atoms with Crippen LogP contribution >= 0.6 is 15.9 Å². The third kappa shape index (κ3) is 5.28. The molecule has 0 aliphatic carbocycles. The molecular formula is C23H25BrN2O3S. The Morgan fingerprint density at radius 1 is 0.967 bits per heavy atom. The number of fused-ring (bicyclic) bond motifs is 1. The van der Waals surface area contributed by atoms with Crippen LogP contribution in [0.15, 0.2) is 70.0 Å². The van der Waals surface area contributed by atoms with Gasteiger partial charge in [0.25, 0.3) is 5.91 Å². The molecule has 0 aromatic heterocycles. The van der Waals surface area contributed by atoms with Crippen molar-refractivity contribution in [2.24, 2.45) is 0 Å². The maximum absolute atomic E-state index is 12.9. The summed E-state index contributed by atoms with van der Waals surface area (Å²) in [4.78, 5) is 13.0. The quantitative estimate of drug-likeness (QED) is 0.519. The number of carbonyl (C=O) groups is 1. The lowest BCUT2D eigenvalue weighted by Crippen LogP contribution is -2.40. The number of amides is 1. The van der Waals surface area contributed by atoms with Gasteiger partial charge in [0.15, 0.2) is 0 Å². The van der Waals surface area contributed by atoms with Gasteiger partial charge in [-0.3, -0.25) is 4.79 Å². The van der Waals surface area contributed by atoms with Gasteiger partial charge in [-0.25, -0.2) is 13.1 Å². The third-order valence-electron chi connectivity index (χ3n) is 4.55. The molecule has 0 bridgehead atoms. The highest BCUT2D eigenvalue weighted by atomic mass is 79.9. The molecule has 0 saturated carbocycles. The Hall–Kier alpha value is -2.22. The van der Waals surface area contributed by atoms with Crippen molar-refractivity contribution in [3.05, 3.63) is 76.3 Å². The Morgan fingerprint density at radius 3 is 2.30 bits per heavy atom. The Balaban J connectivity index is 1.85. The van der Waals surface area contributed by atoms with Crippen LogP contribution in [0.5, 0.6) is 0 Å². The van der Waals surface area contributed by atoms with E-state index in [-0.39, 0.29) is 22.4 Å². The minimum Gasteiger partial charge on any atom is -0.345 e. The fraction of sp³-hybridized carbons (Fsp3) is 0.261. The second-order valence-electron chi connectivity index (χ2n) is 8.30. The maximum Gasteiger partial charge on any atom is 0.252 e. The van der Waals surface area contributed by atoms with Gasteiger partial charge in [-0.1, -0.05) is 36.4 Å². The second-order valence-corrected chi connectivity index (χ2v) is 10.8. The molecule has 1 amide bonds. The summed E-state index contributed by atoms with van der Waals surface area (Å²) < 4.78 is 28.4. The normalized spacial score (nSPS) is 13.2. The lowest BCUT2D eigenvalue weighted by atomic mass is 10.0. The predicted octanol–water partition coefficient (Wildman–Crippen LogP) is 5.17. The summed E-state index contributed by atoms with van der Waals surface area (Å²) in [7, 11) is -3.75. The van der Waals surface area contributed by atoms with Crippen LogP contribution in [-0.4, -0.2) is 19.9 Å². The van der Waals surface area contributed by atoms with Crippen LogP contribution in [0.4, 0.5) is 0 Å². The molecule has 7 heteroatoms. The smallest absolute Gasteiger partial charge is 0.252 e. The van der Waals surface area contributed by atoms with Crippen LogP contribution in [-0.2, 0) is 10.0 Å². The van der Waals surface area contributed by atoms with E-state index in [4.69, 9.17) is 0 Å². The number of nitrogens with one attached hydrogen (secondary N) is 2. The molecule has 0 fully saturated rings. The zero-order valence-corrected chi connectivity index (χ0v) is 19.8. The van der Waals surface area contributed by atoms with Crippen molar-refractivity contribution in [1.29, 1.82) is 0 Å². The number of sulfonamides is 1. The van der Waals surface area contributed by atoms with Crippen molar-refractivity contribution < 1.29 is 13.2 Å². The Kier molecular flexibility index (Phi) is 6.36. The van der Waals surface area contributed by atoms with Gasteiger partial charge < -0.3 is 5.32 Å². The minimum atomic E-state index is -3.75. The topological polar surface area (TPSA) is 75.3 Å². The highest BCUT2D eigenvalue weighted by Crippen LogP contribution is 2.24. The molecule has 0 aliphatic rings. The molecule has 0 spiro atoms. The van der Waals surface area contributed by atoms with Crippen molar-refractivity contribution in [3.63, 3.8) is 0 Å². The number of halogens is 1. The van der Waals surface area contributed by atoms with Crippen LogP contribution < -0.4 is 10.0 Å². The summed E-state index contributed by atoms with van der Waals surface area (Å²) in [5.74, 6) is -0.352. The second kappa shape index (κ2) is 8.49. The number of hydrogen-bond donors (Lipinski definition) is 2. The predicted molar refractivity (Wildman–Crippen MR) is 124 cm³/mol.